The Morgan fingerprint density at radius 1 is 1.30 bits per heavy atom. The standard InChI is InChI=1S/C28H43ClN4O3S/c1-19(2)37(35)33(6)20(3)15-24(27(29)21(4)32(5)17-23-13-14-23)28(34)31-26(25(30)18-36-7)16-22-11-9-8-10-12-22/h8-12,15,19,23,25-26H,4,13-14,16-18,30H2,1-3,5-7H3,(H,31,34)/b20-15+,27-24-/t25?,26-,37?/m0/s1. The monoisotopic (exact) mass is 550 g/mol. The second kappa shape index (κ2) is 14.7. The number of hydrogen-bond acceptors (Lipinski definition) is 5. The van der Waals surface area contributed by atoms with E-state index in [0.717, 1.165) is 12.1 Å². The van der Waals surface area contributed by atoms with Gasteiger partial charge in [0.05, 0.1) is 23.3 Å². The molecule has 1 saturated carbocycles. The Balaban J connectivity index is 2.42. The molecular weight excluding hydrogens is 508 g/mol. The van der Waals surface area contributed by atoms with E-state index in [4.69, 9.17) is 22.1 Å². The number of hydrogen-bond donors (Lipinski definition) is 2. The molecule has 0 heterocycles. The summed E-state index contributed by atoms with van der Waals surface area (Å²) >= 11 is 6.85. The minimum Gasteiger partial charge on any atom is -0.383 e. The number of nitrogens with two attached hydrogens (primary N) is 1. The summed E-state index contributed by atoms with van der Waals surface area (Å²) in [6, 6.07) is 9.01. The zero-order valence-electron chi connectivity index (χ0n) is 23.0. The summed E-state index contributed by atoms with van der Waals surface area (Å²) in [5.41, 5.74) is 8.92. The third kappa shape index (κ3) is 9.60. The van der Waals surface area contributed by atoms with Crippen molar-refractivity contribution in [3.63, 3.8) is 0 Å². The molecule has 0 aliphatic heterocycles. The lowest BCUT2D eigenvalue weighted by atomic mass is 9.99. The number of allylic oxidation sites excluding steroid dienone is 2. The van der Waals surface area contributed by atoms with Crippen molar-refractivity contribution in [2.24, 2.45) is 11.7 Å². The predicted octanol–water partition coefficient (Wildman–Crippen LogP) is 3.94. The molecule has 3 N–H and O–H groups in total. The predicted molar refractivity (Wildman–Crippen MR) is 154 cm³/mol. The van der Waals surface area contributed by atoms with Gasteiger partial charge in [0.15, 0.2) is 0 Å². The van der Waals surface area contributed by atoms with Gasteiger partial charge >= 0.3 is 0 Å². The van der Waals surface area contributed by atoms with Crippen LogP contribution < -0.4 is 11.1 Å². The minimum absolute atomic E-state index is 0.0768. The van der Waals surface area contributed by atoms with Crippen molar-refractivity contribution in [2.45, 2.75) is 57.4 Å². The van der Waals surface area contributed by atoms with Crippen molar-refractivity contribution in [3.8, 4) is 0 Å². The van der Waals surface area contributed by atoms with Gasteiger partial charge in [-0.3, -0.25) is 9.10 Å². The zero-order valence-corrected chi connectivity index (χ0v) is 24.6. The van der Waals surface area contributed by atoms with E-state index < -0.39 is 23.1 Å². The van der Waals surface area contributed by atoms with Crippen LogP contribution in [0.5, 0.6) is 0 Å². The van der Waals surface area contributed by atoms with Gasteiger partial charge in [0.2, 0.25) is 0 Å². The highest BCUT2D eigenvalue weighted by molar-refractivity contribution is 7.83. The van der Waals surface area contributed by atoms with Gasteiger partial charge in [-0.15, -0.1) is 0 Å². The van der Waals surface area contributed by atoms with Gasteiger partial charge < -0.3 is 20.7 Å². The summed E-state index contributed by atoms with van der Waals surface area (Å²) in [6.45, 7) is 10.9. The van der Waals surface area contributed by atoms with Crippen molar-refractivity contribution in [3.05, 3.63) is 70.5 Å². The largest absolute Gasteiger partial charge is 0.383 e. The fourth-order valence-corrected chi connectivity index (χ4v) is 5.09. The fourth-order valence-electron chi connectivity index (χ4n) is 3.84. The van der Waals surface area contributed by atoms with Gasteiger partial charge in [-0.1, -0.05) is 48.5 Å². The number of halogens is 1. The SMILES string of the molecule is C=C(/C(Cl)=C(\C=C(/C)N(C)S(=O)C(C)C)C(=O)N[C@@H](Cc1ccccc1)C(N)COC)N(C)CC1CC1. The smallest absolute Gasteiger partial charge is 0.253 e. The molecule has 0 radical (unpaired) electrons. The Labute approximate surface area is 230 Å². The second-order valence-corrected chi connectivity index (χ2v) is 12.4. The van der Waals surface area contributed by atoms with Crippen molar-refractivity contribution < 1.29 is 13.7 Å². The molecule has 2 rings (SSSR count). The van der Waals surface area contributed by atoms with Gasteiger partial charge in [-0.2, -0.15) is 0 Å². The molecule has 0 spiro atoms. The number of benzene rings is 1. The first-order valence-corrected chi connectivity index (χ1v) is 14.2. The molecule has 3 atom stereocenters. The van der Waals surface area contributed by atoms with Crippen LogP contribution in [-0.2, 0) is 26.9 Å². The number of nitrogens with zero attached hydrogens (tertiary/aromatic N) is 2. The number of likely N-dealkylation sites (N-methyl/N-ethyl adjacent to an activating group) is 1. The van der Waals surface area contributed by atoms with E-state index in [1.54, 1.807) is 24.5 Å². The Morgan fingerprint density at radius 2 is 1.92 bits per heavy atom. The number of methoxy groups -OCH3 is 1. The first kappa shape index (κ1) is 31.1. The third-order valence-corrected chi connectivity index (χ3v) is 8.49. The average molecular weight is 551 g/mol. The maximum Gasteiger partial charge on any atom is 0.253 e. The van der Waals surface area contributed by atoms with Crippen LogP contribution in [0.25, 0.3) is 0 Å². The number of carbonyl (C=O) groups is 1. The van der Waals surface area contributed by atoms with Crippen LogP contribution in [0, 0.1) is 5.92 Å². The molecule has 0 saturated heterocycles. The molecule has 0 aromatic heterocycles. The quantitative estimate of drug-likeness (QED) is 0.255. The number of nitrogens with one attached hydrogen (secondary N) is 1. The van der Waals surface area contributed by atoms with Crippen molar-refractivity contribution in [1.82, 2.24) is 14.5 Å². The maximum absolute atomic E-state index is 13.8. The van der Waals surface area contributed by atoms with Crippen LogP contribution >= 0.6 is 11.6 Å². The van der Waals surface area contributed by atoms with Gasteiger partial charge in [-0.05, 0) is 57.6 Å². The van der Waals surface area contributed by atoms with Crippen LogP contribution in [0.3, 0.4) is 0 Å². The summed E-state index contributed by atoms with van der Waals surface area (Å²) < 4.78 is 19.6. The average Bonchev–Trinajstić information content (AvgIpc) is 3.69. The lowest BCUT2D eigenvalue weighted by Gasteiger charge is -2.27. The summed E-state index contributed by atoms with van der Waals surface area (Å²) in [4.78, 5) is 15.8. The topological polar surface area (TPSA) is 87.9 Å². The van der Waals surface area contributed by atoms with E-state index in [1.165, 1.54) is 12.8 Å². The number of amides is 1. The summed E-state index contributed by atoms with van der Waals surface area (Å²) in [5, 5.41) is 3.26. The van der Waals surface area contributed by atoms with Gasteiger partial charge in [0, 0.05) is 50.4 Å². The first-order chi connectivity index (χ1) is 17.5. The van der Waals surface area contributed by atoms with E-state index in [0.29, 0.717) is 23.7 Å². The molecule has 0 bridgehead atoms. The minimum atomic E-state index is -1.26. The van der Waals surface area contributed by atoms with E-state index in [-0.39, 0.29) is 28.4 Å². The van der Waals surface area contributed by atoms with Crippen molar-refractivity contribution in [2.75, 3.05) is 34.4 Å². The lowest BCUT2D eigenvalue weighted by Crippen LogP contribution is -2.51. The Bertz CT molecular complexity index is 1010. The molecule has 1 aromatic rings. The Morgan fingerprint density at radius 3 is 2.46 bits per heavy atom. The molecule has 1 fully saturated rings. The van der Waals surface area contributed by atoms with E-state index >= 15 is 0 Å². The first-order valence-electron chi connectivity index (χ1n) is 12.7. The molecule has 2 unspecified atom stereocenters. The number of rotatable bonds is 15. The van der Waals surface area contributed by atoms with Crippen molar-refractivity contribution in [1.29, 1.82) is 0 Å². The highest BCUT2D eigenvalue weighted by Crippen LogP contribution is 2.32. The molecule has 37 heavy (non-hydrogen) atoms. The fraction of sp³-hybridized carbons (Fsp3) is 0.536. The molecule has 1 amide bonds. The maximum atomic E-state index is 13.8. The van der Waals surface area contributed by atoms with Gasteiger partial charge in [-0.25, -0.2) is 4.21 Å². The third-order valence-electron chi connectivity index (χ3n) is 6.44. The summed E-state index contributed by atoms with van der Waals surface area (Å²) in [5.74, 6) is 0.254. The normalized spacial score (nSPS) is 17.1. The van der Waals surface area contributed by atoms with Gasteiger partial charge in [0.25, 0.3) is 5.91 Å². The number of ether oxygens (including phenoxy) is 1. The highest BCUT2D eigenvalue weighted by Gasteiger charge is 2.27. The summed E-state index contributed by atoms with van der Waals surface area (Å²) in [6.07, 6.45) is 4.59. The molecule has 1 aliphatic rings. The lowest BCUT2D eigenvalue weighted by molar-refractivity contribution is -0.118. The Hall–Kier alpha value is -2.13. The molecule has 7 nitrogen and oxygen atoms in total. The molecule has 9 heteroatoms. The number of carbonyl (C=O) groups excluding carboxylic acids is 1. The van der Waals surface area contributed by atoms with E-state index in [9.17, 15) is 9.00 Å². The van der Waals surface area contributed by atoms with Crippen LogP contribution in [0.15, 0.2) is 65.0 Å². The molecule has 206 valence electrons. The van der Waals surface area contributed by atoms with Crippen LogP contribution in [0.4, 0.5) is 0 Å². The van der Waals surface area contributed by atoms with Crippen LogP contribution in [0.2, 0.25) is 0 Å². The van der Waals surface area contributed by atoms with Crippen molar-refractivity contribution >= 4 is 28.5 Å². The Kier molecular flexibility index (Phi) is 12.4. The van der Waals surface area contributed by atoms with E-state index in [1.807, 2.05) is 63.1 Å². The summed E-state index contributed by atoms with van der Waals surface area (Å²) in [7, 11) is 4.00. The molecule has 1 aliphatic carbocycles. The zero-order chi connectivity index (χ0) is 27.7. The second-order valence-electron chi connectivity index (χ2n) is 10.00. The van der Waals surface area contributed by atoms with Crippen LogP contribution in [-0.4, -0.2) is 71.0 Å². The molecular formula is C28H43ClN4O3S. The van der Waals surface area contributed by atoms with Gasteiger partial charge in [0.1, 0.15) is 11.0 Å². The van der Waals surface area contributed by atoms with E-state index in [2.05, 4.69) is 11.9 Å². The van der Waals surface area contributed by atoms with Crippen LogP contribution in [0.1, 0.15) is 39.2 Å². The molecule has 1 aromatic carbocycles. The highest BCUT2D eigenvalue weighted by atomic mass is 35.5.